The molecule has 0 saturated carbocycles. The number of fused-ring (bicyclic) bond motifs is 1. The number of rotatable bonds is 5. The molecule has 3 heterocycles. The Hall–Kier alpha value is -2.87. The molecule has 1 atom stereocenters. The normalized spacial score (nSPS) is 17.6. The quantitative estimate of drug-likeness (QED) is 0.552. The zero-order valence-corrected chi connectivity index (χ0v) is 14.5. The molecule has 0 bridgehead atoms. The van der Waals surface area contributed by atoms with Crippen LogP contribution < -0.4 is 16.0 Å². The molecule has 1 aliphatic heterocycles. The molecule has 1 unspecified atom stereocenters. The molecular weight excluding hydrogens is 330 g/mol. The highest BCUT2D eigenvalue weighted by Gasteiger charge is 2.25. The van der Waals surface area contributed by atoms with E-state index in [0.717, 1.165) is 48.6 Å². The fraction of sp³-hybridized carbons (Fsp3) is 0.389. The van der Waals surface area contributed by atoms with Crippen molar-refractivity contribution in [2.75, 3.05) is 42.2 Å². The lowest BCUT2D eigenvalue weighted by Gasteiger charge is -2.32. The first kappa shape index (κ1) is 16.6. The molecule has 5 N–H and O–H groups in total. The lowest BCUT2D eigenvalue weighted by Crippen LogP contribution is -2.35. The summed E-state index contributed by atoms with van der Waals surface area (Å²) in [6.07, 6.45) is 2.15. The number of nitrogen functional groups attached to an aromatic ring is 1. The Bertz CT molecular complexity index is 861. The summed E-state index contributed by atoms with van der Waals surface area (Å²) < 4.78 is 0. The molecule has 1 saturated heterocycles. The summed E-state index contributed by atoms with van der Waals surface area (Å²) in [6.45, 7) is 2.22. The number of nitrogens with zero attached hydrogens (tertiary/aromatic N) is 4. The van der Waals surface area contributed by atoms with E-state index in [4.69, 9.17) is 15.8 Å². The van der Waals surface area contributed by atoms with Gasteiger partial charge in [0.25, 0.3) is 0 Å². The fourth-order valence-corrected chi connectivity index (χ4v) is 3.46. The van der Waals surface area contributed by atoms with Gasteiger partial charge < -0.3 is 26.0 Å². The largest absolute Gasteiger partial charge is 0.395 e. The first-order chi connectivity index (χ1) is 12.7. The lowest BCUT2D eigenvalue weighted by molar-refractivity contribution is 0.311. The minimum absolute atomic E-state index is 0.0388. The van der Waals surface area contributed by atoms with Crippen LogP contribution in [0.3, 0.4) is 0 Å². The molecule has 3 aromatic rings. The van der Waals surface area contributed by atoms with Gasteiger partial charge in [-0.25, -0.2) is 4.98 Å². The number of aromatic amines is 1. The van der Waals surface area contributed by atoms with Gasteiger partial charge in [0.2, 0.25) is 5.95 Å². The summed E-state index contributed by atoms with van der Waals surface area (Å²) in [6, 6.07) is 9.98. The molecular formula is C18H23N7O. The highest BCUT2D eigenvalue weighted by atomic mass is 16.3. The third kappa shape index (κ3) is 3.41. The maximum Gasteiger partial charge on any atom is 0.223 e. The molecule has 1 fully saturated rings. The van der Waals surface area contributed by atoms with Gasteiger partial charge in [0.1, 0.15) is 17.5 Å². The minimum Gasteiger partial charge on any atom is -0.395 e. The average molecular weight is 353 g/mol. The van der Waals surface area contributed by atoms with E-state index in [1.807, 2.05) is 24.3 Å². The molecule has 1 aromatic carbocycles. The molecule has 26 heavy (non-hydrogen) atoms. The Kier molecular flexibility index (Phi) is 4.57. The number of hydrogen-bond donors (Lipinski definition) is 4. The van der Waals surface area contributed by atoms with Crippen LogP contribution in [0.2, 0.25) is 0 Å². The zero-order valence-electron chi connectivity index (χ0n) is 14.5. The Balaban J connectivity index is 1.55. The maximum absolute atomic E-state index is 8.98. The highest BCUT2D eigenvalue weighted by molar-refractivity contribution is 5.74. The summed E-state index contributed by atoms with van der Waals surface area (Å²) in [7, 11) is 0. The number of nitrogens with one attached hydrogen (secondary N) is 2. The SMILES string of the molecule is Nc1nc(NCCO)cc(N2CCCC(c3nc4ccccc4[nH]3)C2)n1. The van der Waals surface area contributed by atoms with E-state index in [-0.39, 0.29) is 12.6 Å². The van der Waals surface area contributed by atoms with Gasteiger partial charge in [-0.2, -0.15) is 9.97 Å². The Morgan fingerprint density at radius 2 is 2.15 bits per heavy atom. The van der Waals surface area contributed by atoms with Crippen molar-refractivity contribution in [1.82, 2.24) is 19.9 Å². The summed E-state index contributed by atoms with van der Waals surface area (Å²) in [5.74, 6) is 3.01. The van der Waals surface area contributed by atoms with Crippen molar-refractivity contribution >= 4 is 28.6 Å². The van der Waals surface area contributed by atoms with E-state index in [2.05, 4.69) is 31.2 Å². The van der Waals surface area contributed by atoms with E-state index < -0.39 is 0 Å². The molecule has 0 amide bonds. The number of aliphatic hydroxyl groups excluding tert-OH is 1. The van der Waals surface area contributed by atoms with Gasteiger partial charge in [0.05, 0.1) is 17.6 Å². The summed E-state index contributed by atoms with van der Waals surface area (Å²) in [4.78, 5) is 19.0. The molecule has 136 valence electrons. The van der Waals surface area contributed by atoms with Crippen molar-refractivity contribution in [2.24, 2.45) is 0 Å². The third-order valence-corrected chi connectivity index (χ3v) is 4.69. The van der Waals surface area contributed by atoms with Gasteiger partial charge in [-0.15, -0.1) is 0 Å². The molecule has 8 nitrogen and oxygen atoms in total. The number of H-pyrrole nitrogens is 1. The van der Waals surface area contributed by atoms with Crippen molar-refractivity contribution in [3.8, 4) is 0 Å². The predicted octanol–water partition coefficient (Wildman–Crippen LogP) is 1.72. The van der Waals surface area contributed by atoms with E-state index in [1.54, 1.807) is 0 Å². The maximum atomic E-state index is 8.98. The molecule has 2 aromatic heterocycles. The number of aromatic nitrogens is 4. The van der Waals surface area contributed by atoms with Crippen LogP contribution in [0.5, 0.6) is 0 Å². The van der Waals surface area contributed by atoms with Crippen LogP contribution in [0.25, 0.3) is 11.0 Å². The number of piperidine rings is 1. The lowest BCUT2D eigenvalue weighted by atomic mass is 9.97. The topological polar surface area (TPSA) is 116 Å². The van der Waals surface area contributed by atoms with Gasteiger partial charge in [0.15, 0.2) is 0 Å². The van der Waals surface area contributed by atoms with E-state index in [0.29, 0.717) is 18.3 Å². The Labute approximate surface area is 151 Å². The Morgan fingerprint density at radius 3 is 3.00 bits per heavy atom. The van der Waals surface area contributed by atoms with Crippen LogP contribution in [0.4, 0.5) is 17.6 Å². The average Bonchev–Trinajstić information content (AvgIpc) is 3.10. The highest BCUT2D eigenvalue weighted by Crippen LogP contribution is 2.29. The third-order valence-electron chi connectivity index (χ3n) is 4.69. The van der Waals surface area contributed by atoms with Gasteiger partial charge >= 0.3 is 0 Å². The fourth-order valence-electron chi connectivity index (χ4n) is 3.46. The zero-order chi connectivity index (χ0) is 17.9. The molecule has 4 rings (SSSR count). The van der Waals surface area contributed by atoms with E-state index >= 15 is 0 Å². The molecule has 1 aliphatic rings. The number of anilines is 3. The van der Waals surface area contributed by atoms with Gasteiger partial charge in [0, 0.05) is 31.6 Å². The van der Waals surface area contributed by atoms with Crippen LogP contribution >= 0.6 is 0 Å². The van der Waals surface area contributed by atoms with Crippen LogP contribution in [0.15, 0.2) is 30.3 Å². The number of hydrogen-bond acceptors (Lipinski definition) is 7. The monoisotopic (exact) mass is 353 g/mol. The molecule has 0 spiro atoms. The van der Waals surface area contributed by atoms with E-state index in [1.165, 1.54) is 0 Å². The van der Waals surface area contributed by atoms with Crippen molar-refractivity contribution in [1.29, 1.82) is 0 Å². The first-order valence-electron chi connectivity index (χ1n) is 8.92. The van der Waals surface area contributed by atoms with Crippen LogP contribution in [0.1, 0.15) is 24.6 Å². The second-order valence-electron chi connectivity index (χ2n) is 6.54. The predicted molar refractivity (Wildman–Crippen MR) is 102 cm³/mol. The van der Waals surface area contributed by atoms with Crippen molar-refractivity contribution in [3.63, 3.8) is 0 Å². The van der Waals surface area contributed by atoms with Gasteiger partial charge in [-0.1, -0.05) is 12.1 Å². The minimum atomic E-state index is 0.0388. The van der Waals surface area contributed by atoms with Crippen LogP contribution in [-0.2, 0) is 0 Å². The van der Waals surface area contributed by atoms with E-state index in [9.17, 15) is 0 Å². The summed E-state index contributed by atoms with van der Waals surface area (Å²) in [5.41, 5.74) is 7.94. The van der Waals surface area contributed by atoms with Gasteiger partial charge in [-0.05, 0) is 25.0 Å². The molecule has 8 heteroatoms. The molecule has 0 aliphatic carbocycles. The van der Waals surface area contributed by atoms with Crippen molar-refractivity contribution in [2.45, 2.75) is 18.8 Å². The summed E-state index contributed by atoms with van der Waals surface area (Å²) >= 11 is 0. The second-order valence-corrected chi connectivity index (χ2v) is 6.54. The number of benzene rings is 1. The Morgan fingerprint density at radius 1 is 1.27 bits per heavy atom. The van der Waals surface area contributed by atoms with Crippen LogP contribution in [-0.4, -0.2) is 51.3 Å². The summed E-state index contributed by atoms with van der Waals surface area (Å²) in [5, 5.41) is 12.0. The molecule has 0 radical (unpaired) electrons. The van der Waals surface area contributed by atoms with Gasteiger partial charge in [-0.3, -0.25) is 0 Å². The number of nitrogens with two attached hydrogens (primary N) is 1. The number of aliphatic hydroxyl groups is 1. The van der Waals surface area contributed by atoms with Crippen LogP contribution in [0, 0.1) is 0 Å². The standard InChI is InChI=1S/C18H23N7O/c19-18-23-15(20-7-9-26)10-16(24-18)25-8-3-4-12(11-25)17-21-13-5-1-2-6-14(13)22-17/h1-2,5-6,10,12,26H,3-4,7-9,11H2,(H,21,22)(H3,19,20,23,24). The second kappa shape index (κ2) is 7.17. The number of imidazole rings is 1. The van der Waals surface area contributed by atoms with Crippen molar-refractivity contribution < 1.29 is 5.11 Å². The van der Waals surface area contributed by atoms with Crippen molar-refractivity contribution in [3.05, 3.63) is 36.2 Å². The number of para-hydroxylation sites is 2. The first-order valence-corrected chi connectivity index (χ1v) is 8.92. The smallest absolute Gasteiger partial charge is 0.223 e.